The van der Waals surface area contributed by atoms with Gasteiger partial charge < -0.3 is 14.7 Å². The number of aliphatic hydroxyl groups excluding tert-OH is 1. The smallest absolute Gasteiger partial charge is 0.243 e. The minimum atomic E-state index is -0.210. The van der Waals surface area contributed by atoms with Crippen LogP contribution in [-0.2, 0) is 27.4 Å². The zero-order chi connectivity index (χ0) is 18.8. The van der Waals surface area contributed by atoms with Gasteiger partial charge in [-0.2, -0.15) is 0 Å². The van der Waals surface area contributed by atoms with E-state index in [4.69, 9.17) is 9.84 Å². The summed E-state index contributed by atoms with van der Waals surface area (Å²) in [6, 6.07) is 6.38. The second kappa shape index (κ2) is 7.96. The maximum absolute atomic E-state index is 12.2. The summed E-state index contributed by atoms with van der Waals surface area (Å²) in [5, 5.41) is 11.3. The topological polar surface area (TPSA) is 82.1 Å². The lowest BCUT2D eigenvalue weighted by Gasteiger charge is -2.33. The predicted octanol–water partition coefficient (Wildman–Crippen LogP) is 0.785. The number of imide groups is 1. The Hall–Kier alpha value is -1.96. The van der Waals surface area contributed by atoms with E-state index in [0.717, 1.165) is 39.0 Å². The van der Waals surface area contributed by atoms with Crippen LogP contribution in [0.4, 0.5) is 5.69 Å². The molecule has 4 rings (SSSR count). The summed E-state index contributed by atoms with van der Waals surface area (Å²) < 4.78 is 5.64. The zero-order valence-electron chi connectivity index (χ0n) is 15.5. The summed E-state index contributed by atoms with van der Waals surface area (Å²) in [6.45, 7) is 3.91. The molecule has 146 valence electrons. The van der Waals surface area contributed by atoms with E-state index in [2.05, 4.69) is 33.3 Å². The van der Waals surface area contributed by atoms with Crippen molar-refractivity contribution in [3.8, 4) is 0 Å². The number of piperidine rings is 2. The number of aliphatic hydroxyl groups is 1. The van der Waals surface area contributed by atoms with Gasteiger partial charge in [0.2, 0.25) is 11.8 Å². The minimum Gasteiger partial charge on any atom is -0.394 e. The summed E-state index contributed by atoms with van der Waals surface area (Å²) in [7, 11) is 0. The van der Waals surface area contributed by atoms with Crippen LogP contribution >= 0.6 is 0 Å². The quantitative estimate of drug-likeness (QED) is 0.743. The van der Waals surface area contributed by atoms with E-state index in [9.17, 15) is 9.59 Å². The van der Waals surface area contributed by atoms with Gasteiger partial charge >= 0.3 is 0 Å². The molecule has 3 heterocycles. The third-order valence-corrected chi connectivity index (χ3v) is 5.84. The lowest BCUT2D eigenvalue weighted by molar-refractivity contribution is -0.137. The first-order valence-corrected chi connectivity index (χ1v) is 9.81. The molecular formula is C20H27N3O4. The number of anilines is 1. The highest BCUT2D eigenvalue weighted by Crippen LogP contribution is 2.31. The first kappa shape index (κ1) is 18.4. The number of ether oxygens (including phenoxy) is 1. The molecule has 27 heavy (non-hydrogen) atoms. The summed E-state index contributed by atoms with van der Waals surface area (Å²) >= 11 is 0. The fourth-order valence-corrected chi connectivity index (χ4v) is 4.35. The van der Waals surface area contributed by atoms with Gasteiger partial charge in [-0.05, 0) is 42.5 Å². The molecular weight excluding hydrogens is 346 g/mol. The summed E-state index contributed by atoms with van der Waals surface area (Å²) in [4.78, 5) is 28.1. The summed E-state index contributed by atoms with van der Waals surface area (Å²) in [5.74, 6) is -0.328. The predicted molar refractivity (Wildman–Crippen MR) is 100 cm³/mol. The van der Waals surface area contributed by atoms with Crippen molar-refractivity contribution < 1.29 is 19.4 Å². The molecule has 3 aliphatic heterocycles. The number of hydrogen-bond donors (Lipinski definition) is 2. The number of amides is 2. The molecule has 0 bridgehead atoms. The Morgan fingerprint density at radius 1 is 1.11 bits per heavy atom. The van der Waals surface area contributed by atoms with Gasteiger partial charge in [0.15, 0.2) is 0 Å². The highest BCUT2D eigenvalue weighted by molar-refractivity contribution is 6.00. The van der Waals surface area contributed by atoms with Crippen molar-refractivity contribution in [2.24, 2.45) is 0 Å². The van der Waals surface area contributed by atoms with Gasteiger partial charge in [0.25, 0.3) is 0 Å². The van der Waals surface area contributed by atoms with Crippen LogP contribution in [0.2, 0.25) is 0 Å². The van der Waals surface area contributed by atoms with Crippen LogP contribution in [-0.4, -0.2) is 60.3 Å². The van der Waals surface area contributed by atoms with Crippen molar-refractivity contribution in [1.29, 1.82) is 0 Å². The number of rotatable bonds is 5. The maximum Gasteiger partial charge on any atom is 0.243 e. The van der Waals surface area contributed by atoms with Crippen molar-refractivity contribution in [2.75, 3.05) is 31.2 Å². The molecule has 0 aliphatic carbocycles. The minimum absolute atomic E-state index is 0.0781. The number of carbonyl (C=O) groups is 2. The molecule has 7 heteroatoms. The molecule has 1 unspecified atom stereocenters. The number of fused-ring (bicyclic) bond motifs is 1. The number of hydrogen-bond acceptors (Lipinski definition) is 6. The Labute approximate surface area is 159 Å². The zero-order valence-corrected chi connectivity index (χ0v) is 15.5. The van der Waals surface area contributed by atoms with E-state index in [1.165, 1.54) is 16.8 Å². The average molecular weight is 373 g/mol. The van der Waals surface area contributed by atoms with Crippen LogP contribution < -0.4 is 10.2 Å². The molecule has 2 saturated heterocycles. The largest absolute Gasteiger partial charge is 0.394 e. The van der Waals surface area contributed by atoms with Gasteiger partial charge in [0, 0.05) is 38.3 Å². The molecule has 1 atom stereocenters. The molecule has 3 aliphatic rings. The monoisotopic (exact) mass is 373 g/mol. The van der Waals surface area contributed by atoms with Crippen molar-refractivity contribution in [2.45, 2.75) is 50.9 Å². The van der Waals surface area contributed by atoms with E-state index < -0.39 is 0 Å². The van der Waals surface area contributed by atoms with E-state index in [-0.39, 0.29) is 30.6 Å². The lowest BCUT2D eigenvalue weighted by Crippen LogP contribution is -2.50. The second-order valence-electron chi connectivity index (χ2n) is 7.61. The van der Waals surface area contributed by atoms with Crippen LogP contribution in [0.5, 0.6) is 0 Å². The fourth-order valence-electron chi connectivity index (χ4n) is 4.35. The molecule has 0 saturated carbocycles. The fraction of sp³-hybridized carbons (Fsp3) is 0.600. The highest BCUT2D eigenvalue weighted by Gasteiger charge is 2.35. The molecule has 2 amide bonds. The number of carbonyl (C=O) groups excluding carboxylic acids is 2. The SMILES string of the molecule is O=C1CCC(N2Cc3ccc(N4CCC(OCCO)CC4)cc3C2)C(=O)N1. The van der Waals surface area contributed by atoms with Crippen LogP contribution in [0.3, 0.4) is 0 Å². The highest BCUT2D eigenvalue weighted by atomic mass is 16.5. The van der Waals surface area contributed by atoms with Crippen LogP contribution in [0.1, 0.15) is 36.8 Å². The Morgan fingerprint density at radius 3 is 2.63 bits per heavy atom. The Bertz CT molecular complexity index is 715. The number of nitrogens with one attached hydrogen (secondary N) is 1. The molecule has 0 radical (unpaired) electrons. The standard InChI is InChI=1S/C20H27N3O4/c24-9-10-27-17-5-7-22(8-6-17)16-2-1-14-12-23(13-15(14)11-16)18-3-4-19(25)21-20(18)26/h1-2,11,17-18,24H,3-10,12-13H2,(H,21,25,26). The van der Waals surface area contributed by atoms with Crippen LogP contribution in [0, 0.1) is 0 Å². The van der Waals surface area contributed by atoms with Gasteiger partial charge in [0.05, 0.1) is 25.4 Å². The van der Waals surface area contributed by atoms with Gasteiger partial charge in [-0.1, -0.05) is 6.07 Å². The van der Waals surface area contributed by atoms with Crippen molar-refractivity contribution in [3.05, 3.63) is 29.3 Å². The van der Waals surface area contributed by atoms with Crippen molar-refractivity contribution in [1.82, 2.24) is 10.2 Å². The van der Waals surface area contributed by atoms with E-state index in [0.29, 0.717) is 19.4 Å². The second-order valence-corrected chi connectivity index (χ2v) is 7.61. The van der Waals surface area contributed by atoms with Crippen LogP contribution in [0.25, 0.3) is 0 Å². The van der Waals surface area contributed by atoms with E-state index >= 15 is 0 Å². The average Bonchev–Trinajstić information content (AvgIpc) is 3.09. The first-order valence-electron chi connectivity index (χ1n) is 9.81. The third-order valence-electron chi connectivity index (χ3n) is 5.84. The maximum atomic E-state index is 12.2. The number of benzene rings is 1. The molecule has 1 aromatic carbocycles. The third kappa shape index (κ3) is 4.00. The molecule has 0 spiro atoms. The van der Waals surface area contributed by atoms with Crippen molar-refractivity contribution >= 4 is 17.5 Å². The number of nitrogens with zero attached hydrogens (tertiary/aromatic N) is 2. The molecule has 7 nitrogen and oxygen atoms in total. The molecule has 1 aromatic rings. The van der Waals surface area contributed by atoms with Gasteiger partial charge in [0.1, 0.15) is 0 Å². The Balaban J connectivity index is 1.37. The first-order chi connectivity index (χ1) is 13.1. The molecule has 2 fully saturated rings. The Kier molecular flexibility index (Phi) is 5.43. The van der Waals surface area contributed by atoms with Gasteiger partial charge in [-0.3, -0.25) is 19.8 Å². The van der Waals surface area contributed by atoms with E-state index in [1.807, 2.05) is 0 Å². The molecule has 2 N–H and O–H groups in total. The van der Waals surface area contributed by atoms with Gasteiger partial charge in [-0.25, -0.2) is 0 Å². The summed E-state index contributed by atoms with van der Waals surface area (Å²) in [5.41, 5.74) is 3.76. The molecule has 0 aromatic heterocycles. The lowest BCUT2D eigenvalue weighted by atomic mass is 10.0. The van der Waals surface area contributed by atoms with E-state index in [1.54, 1.807) is 0 Å². The van der Waals surface area contributed by atoms with Crippen LogP contribution in [0.15, 0.2) is 18.2 Å². The Morgan fingerprint density at radius 2 is 1.89 bits per heavy atom. The summed E-state index contributed by atoms with van der Waals surface area (Å²) in [6.07, 6.45) is 3.21. The normalized spacial score (nSPS) is 24.2. The van der Waals surface area contributed by atoms with Crippen molar-refractivity contribution in [3.63, 3.8) is 0 Å². The van der Waals surface area contributed by atoms with Gasteiger partial charge in [-0.15, -0.1) is 0 Å².